The summed E-state index contributed by atoms with van der Waals surface area (Å²) in [5.41, 5.74) is 0.677. The van der Waals surface area contributed by atoms with E-state index in [1.54, 1.807) is 6.92 Å². The fourth-order valence-electron chi connectivity index (χ4n) is 2.92. The van der Waals surface area contributed by atoms with Gasteiger partial charge >= 0.3 is 11.7 Å². The number of carboxylic acids is 1. The minimum absolute atomic E-state index is 0.0739. The van der Waals surface area contributed by atoms with Crippen LogP contribution in [-0.4, -0.2) is 41.0 Å². The van der Waals surface area contributed by atoms with Gasteiger partial charge in [0.1, 0.15) is 6.04 Å². The van der Waals surface area contributed by atoms with E-state index in [4.69, 9.17) is 9.52 Å². The second kappa shape index (κ2) is 5.50. The van der Waals surface area contributed by atoms with Crippen LogP contribution in [0.1, 0.15) is 19.8 Å². The number of hydrogen-bond donors (Lipinski definition) is 1. The van der Waals surface area contributed by atoms with E-state index in [0.29, 0.717) is 18.5 Å². The third-order valence-electron chi connectivity index (χ3n) is 4.05. The van der Waals surface area contributed by atoms with Crippen LogP contribution in [0, 0.1) is 0 Å². The van der Waals surface area contributed by atoms with Crippen molar-refractivity contribution >= 4 is 27.1 Å². The van der Waals surface area contributed by atoms with Gasteiger partial charge in [0.05, 0.1) is 10.4 Å². The second-order valence-electron chi connectivity index (χ2n) is 5.35. The quantitative estimate of drug-likeness (QED) is 0.883. The molecule has 1 aromatic heterocycles. The first-order valence-corrected chi connectivity index (χ1v) is 8.68. The molecule has 8 nitrogen and oxygen atoms in total. The Hall–Kier alpha value is -2.13. The standard InChI is InChI=1S/C14H16N2O6S/c1-2-15-10-6-5-9(8-12(10)22-14(15)19)23(20,21)16-7-3-4-11(16)13(17)18/h5-6,8,11H,2-4,7H2,1H3,(H,17,18)/t11-/m0/s1. The van der Waals surface area contributed by atoms with E-state index in [2.05, 4.69) is 0 Å². The van der Waals surface area contributed by atoms with Crippen LogP contribution in [0.2, 0.25) is 0 Å². The first-order chi connectivity index (χ1) is 10.9. The predicted molar refractivity (Wildman–Crippen MR) is 80.7 cm³/mol. The van der Waals surface area contributed by atoms with Crippen LogP contribution in [0.5, 0.6) is 0 Å². The number of hydrogen-bond acceptors (Lipinski definition) is 5. The molecule has 1 N–H and O–H groups in total. The van der Waals surface area contributed by atoms with Crippen LogP contribution < -0.4 is 5.76 Å². The van der Waals surface area contributed by atoms with Gasteiger partial charge in [-0.3, -0.25) is 9.36 Å². The molecule has 23 heavy (non-hydrogen) atoms. The van der Waals surface area contributed by atoms with E-state index in [1.807, 2.05) is 0 Å². The molecule has 1 aliphatic rings. The molecule has 0 aliphatic carbocycles. The molecule has 3 rings (SSSR count). The van der Waals surface area contributed by atoms with E-state index in [1.165, 1.54) is 22.8 Å². The summed E-state index contributed by atoms with van der Waals surface area (Å²) in [7, 11) is -3.95. The molecule has 2 heterocycles. The number of aromatic nitrogens is 1. The Labute approximate surface area is 132 Å². The van der Waals surface area contributed by atoms with Crippen LogP contribution in [0.25, 0.3) is 11.1 Å². The Morgan fingerprint density at radius 2 is 2.17 bits per heavy atom. The monoisotopic (exact) mass is 340 g/mol. The molecule has 0 radical (unpaired) electrons. The lowest BCUT2D eigenvalue weighted by Crippen LogP contribution is -2.40. The van der Waals surface area contributed by atoms with Gasteiger partial charge in [-0.25, -0.2) is 13.2 Å². The van der Waals surface area contributed by atoms with Crippen molar-refractivity contribution in [1.82, 2.24) is 8.87 Å². The van der Waals surface area contributed by atoms with Crippen molar-refractivity contribution in [2.75, 3.05) is 6.54 Å². The molecular formula is C14H16N2O6S. The summed E-state index contributed by atoms with van der Waals surface area (Å²) in [5, 5.41) is 9.17. The zero-order valence-electron chi connectivity index (χ0n) is 12.4. The van der Waals surface area contributed by atoms with Crippen molar-refractivity contribution in [3.8, 4) is 0 Å². The summed E-state index contributed by atoms with van der Waals surface area (Å²) in [6, 6.07) is 3.09. The normalized spacial score (nSPS) is 19.4. The lowest BCUT2D eigenvalue weighted by molar-refractivity contribution is -0.140. The molecule has 1 aliphatic heterocycles. The van der Waals surface area contributed by atoms with Gasteiger partial charge < -0.3 is 9.52 Å². The number of carbonyl (C=O) groups is 1. The number of aryl methyl sites for hydroxylation is 1. The summed E-state index contributed by atoms with van der Waals surface area (Å²) in [6.45, 7) is 2.35. The summed E-state index contributed by atoms with van der Waals surface area (Å²) >= 11 is 0. The van der Waals surface area contributed by atoms with Gasteiger partial charge in [0, 0.05) is 19.2 Å². The highest BCUT2D eigenvalue weighted by atomic mass is 32.2. The summed E-state index contributed by atoms with van der Waals surface area (Å²) in [5.74, 6) is -1.71. The molecule has 0 bridgehead atoms. The molecule has 124 valence electrons. The van der Waals surface area contributed by atoms with Crippen LogP contribution in [0.3, 0.4) is 0 Å². The number of fused-ring (bicyclic) bond motifs is 1. The molecule has 0 spiro atoms. The van der Waals surface area contributed by atoms with Gasteiger partial charge in [0.2, 0.25) is 10.0 Å². The number of sulfonamides is 1. The molecule has 1 aromatic carbocycles. The third-order valence-corrected chi connectivity index (χ3v) is 5.96. The Balaban J connectivity index is 2.08. The van der Waals surface area contributed by atoms with E-state index >= 15 is 0 Å². The van der Waals surface area contributed by atoms with Crippen molar-refractivity contribution in [2.45, 2.75) is 37.2 Å². The lowest BCUT2D eigenvalue weighted by atomic mass is 10.2. The van der Waals surface area contributed by atoms with Gasteiger partial charge in [0.25, 0.3) is 0 Å². The molecule has 1 atom stereocenters. The number of aliphatic carboxylic acids is 1. The molecule has 2 aromatic rings. The maximum absolute atomic E-state index is 12.7. The first kappa shape index (κ1) is 15.8. The average molecular weight is 340 g/mol. The molecule has 0 unspecified atom stereocenters. The van der Waals surface area contributed by atoms with Gasteiger partial charge in [0.15, 0.2) is 5.58 Å². The molecule has 1 saturated heterocycles. The lowest BCUT2D eigenvalue weighted by Gasteiger charge is -2.20. The van der Waals surface area contributed by atoms with Crippen molar-refractivity contribution in [2.24, 2.45) is 0 Å². The van der Waals surface area contributed by atoms with Crippen LogP contribution >= 0.6 is 0 Å². The summed E-state index contributed by atoms with van der Waals surface area (Å²) in [6.07, 6.45) is 0.790. The highest BCUT2D eigenvalue weighted by Gasteiger charge is 2.39. The minimum atomic E-state index is -3.95. The maximum atomic E-state index is 12.7. The highest BCUT2D eigenvalue weighted by Crippen LogP contribution is 2.28. The summed E-state index contributed by atoms with van der Waals surface area (Å²) in [4.78, 5) is 22.8. The number of nitrogens with zero attached hydrogens (tertiary/aromatic N) is 2. The van der Waals surface area contributed by atoms with E-state index in [0.717, 1.165) is 4.31 Å². The number of rotatable bonds is 4. The van der Waals surface area contributed by atoms with Gasteiger partial charge in [-0.1, -0.05) is 0 Å². The predicted octanol–water partition coefficient (Wildman–Crippen LogP) is 0.852. The van der Waals surface area contributed by atoms with E-state index < -0.39 is 27.8 Å². The van der Waals surface area contributed by atoms with Crippen molar-refractivity contribution in [1.29, 1.82) is 0 Å². The van der Waals surface area contributed by atoms with Crippen molar-refractivity contribution in [3.63, 3.8) is 0 Å². The van der Waals surface area contributed by atoms with E-state index in [9.17, 15) is 18.0 Å². The molecule has 9 heteroatoms. The topological polar surface area (TPSA) is 110 Å². The van der Waals surface area contributed by atoms with Crippen molar-refractivity contribution < 1.29 is 22.7 Å². The fourth-order valence-corrected chi connectivity index (χ4v) is 4.58. The van der Waals surface area contributed by atoms with E-state index in [-0.39, 0.29) is 23.4 Å². The number of benzene rings is 1. The number of oxazole rings is 1. The fraction of sp³-hybridized carbons (Fsp3) is 0.429. The van der Waals surface area contributed by atoms with Gasteiger partial charge in [-0.15, -0.1) is 0 Å². The molecule has 1 fully saturated rings. The summed E-state index contributed by atoms with van der Waals surface area (Å²) < 4.78 is 32.8. The molecule has 0 amide bonds. The molecule has 0 saturated carbocycles. The Morgan fingerprint density at radius 1 is 1.43 bits per heavy atom. The average Bonchev–Trinajstić information content (AvgIpc) is 3.10. The highest BCUT2D eigenvalue weighted by molar-refractivity contribution is 7.89. The largest absolute Gasteiger partial charge is 0.480 e. The van der Waals surface area contributed by atoms with Crippen LogP contribution in [0.15, 0.2) is 32.3 Å². The minimum Gasteiger partial charge on any atom is -0.480 e. The second-order valence-corrected chi connectivity index (χ2v) is 7.24. The zero-order valence-corrected chi connectivity index (χ0v) is 13.2. The zero-order chi connectivity index (χ0) is 16.8. The van der Waals surface area contributed by atoms with Crippen LogP contribution in [0.4, 0.5) is 0 Å². The Bertz CT molecular complexity index is 926. The Morgan fingerprint density at radius 3 is 2.83 bits per heavy atom. The Kier molecular flexibility index (Phi) is 3.77. The smallest absolute Gasteiger partial charge is 0.419 e. The van der Waals surface area contributed by atoms with Gasteiger partial charge in [-0.2, -0.15) is 4.31 Å². The van der Waals surface area contributed by atoms with Gasteiger partial charge in [-0.05, 0) is 31.9 Å². The SMILES string of the molecule is CCn1c(=O)oc2cc(S(=O)(=O)N3CCC[C@H]3C(=O)O)ccc21. The maximum Gasteiger partial charge on any atom is 0.419 e. The number of carboxylic acid groups (broad SMARTS) is 1. The van der Waals surface area contributed by atoms with Crippen molar-refractivity contribution in [3.05, 3.63) is 28.7 Å². The third kappa shape index (κ3) is 2.45. The first-order valence-electron chi connectivity index (χ1n) is 7.24. The van der Waals surface area contributed by atoms with Crippen LogP contribution in [-0.2, 0) is 21.4 Å². The molecular weight excluding hydrogens is 324 g/mol.